The fourth-order valence-electron chi connectivity index (χ4n) is 1.81. The summed E-state index contributed by atoms with van der Waals surface area (Å²) in [7, 11) is -2.07. The van der Waals surface area contributed by atoms with Crippen LogP contribution < -0.4 is 5.73 Å². The van der Waals surface area contributed by atoms with E-state index in [1.165, 1.54) is 17.4 Å². The van der Waals surface area contributed by atoms with Gasteiger partial charge in [-0.15, -0.1) is 0 Å². The quantitative estimate of drug-likeness (QED) is 0.554. The molecule has 0 heterocycles. The first-order chi connectivity index (χ1) is 9.41. The average Bonchev–Trinajstić information content (AvgIpc) is 2.43. The molecule has 0 unspecified atom stereocenters. The van der Waals surface area contributed by atoms with Crippen LogP contribution in [0.15, 0.2) is 29.2 Å². The van der Waals surface area contributed by atoms with E-state index in [0.717, 1.165) is 6.42 Å². The van der Waals surface area contributed by atoms with Gasteiger partial charge in [-0.1, -0.05) is 30.4 Å². The lowest BCUT2D eigenvalue weighted by molar-refractivity contribution is 0.281. The number of benzene rings is 1. The van der Waals surface area contributed by atoms with Gasteiger partial charge in [0.2, 0.25) is 10.0 Å². The van der Waals surface area contributed by atoms with Crippen molar-refractivity contribution in [3.8, 4) is 0 Å². The summed E-state index contributed by atoms with van der Waals surface area (Å²) in [5, 5.41) is 8.71. The summed E-state index contributed by atoms with van der Waals surface area (Å²) in [4.78, 5) is 0.204. The molecule has 0 aliphatic rings. The molecule has 5 nitrogen and oxygen atoms in total. The molecule has 0 amide bonds. The third-order valence-corrected chi connectivity index (χ3v) is 5.11. The highest BCUT2D eigenvalue weighted by Gasteiger charge is 2.23. The topological polar surface area (TPSA) is 83.6 Å². The summed E-state index contributed by atoms with van der Waals surface area (Å²) >= 11 is 4.89. The average molecular weight is 316 g/mol. The molecule has 0 saturated carbocycles. The second-order valence-corrected chi connectivity index (χ2v) is 6.92. The number of unbranched alkanes of at least 4 members (excludes halogenated alkanes) is 2. The van der Waals surface area contributed by atoms with E-state index < -0.39 is 10.0 Å². The normalized spacial score (nSPS) is 11.8. The molecule has 0 fully saturated rings. The lowest BCUT2D eigenvalue weighted by atomic mass is 10.2. The SMILES string of the molecule is CN(CCCCCO)S(=O)(=O)c1ccccc1C(N)=S. The molecule has 7 heteroatoms. The minimum Gasteiger partial charge on any atom is -0.396 e. The van der Waals surface area contributed by atoms with Crippen LogP contribution in [-0.2, 0) is 10.0 Å². The Morgan fingerprint density at radius 3 is 2.55 bits per heavy atom. The number of aliphatic hydroxyl groups excluding tert-OH is 1. The second kappa shape index (κ2) is 7.68. The summed E-state index contributed by atoms with van der Waals surface area (Å²) in [6.07, 6.45) is 2.16. The molecule has 3 N–H and O–H groups in total. The third kappa shape index (κ3) is 4.24. The number of nitrogens with two attached hydrogens (primary N) is 1. The molecule has 0 atom stereocenters. The standard InChI is InChI=1S/C13H20N2O3S2/c1-15(9-5-2-6-10-16)20(17,18)12-8-4-3-7-11(12)13(14)19/h3-4,7-8,16H,2,5-6,9-10H2,1H3,(H2,14,19). The molecular weight excluding hydrogens is 296 g/mol. The lowest BCUT2D eigenvalue weighted by Gasteiger charge is -2.18. The Labute approximate surface area is 125 Å². The van der Waals surface area contributed by atoms with Crippen LogP contribution in [0.2, 0.25) is 0 Å². The van der Waals surface area contributed by atoms with Gasteiger partial charge in [0.1, 0.15) is 4.99 Å². The summed E-state index contributed by atoms with van der Waals surface area (Å²) in [5.74, 6) is 0. The number of hydrogen-bond acceptors (Lipinski definition) is 4. The fraction of sp³-hybridized carbons (Fsp3) is 0.462. The molecule has 0 aliphatic carbocycles. The molecule has 112 valence electrons. The van der Waals surface area contributed by atoms with Gasteiger partial charge in [0.25, 0.3) is 0 Å². The maximum atomic E-state index is 12.5. The number of thiocarbonyl (C=S) groups is 1. The van der Waals surface area contributed by atoms with Gasteiger partial charge in [-0.25, -0.2) is 12.7 Å². The van der Waals surface area contributed by atoms with E-state index in [1.54, 1.807) is 18.2 Å². The predicted octanol–water partition coefficient (Wildman–Crippen LogP) is 1.10. The zero-order valence-electron chi connectivity index (χ0n) is 11.4. The molecule has 0 aliphatic heterocycles. The summed E-state index contributed by atoms with van der Waals surface area (Å²) in [5.41, 5.74) is 5.94. The Morgan fingerprint density at radius 1 is 1.30 bits per heavy atom. The van der Waals surface area contributed by atoms with Crippen LogP contribution in [0.4, 0.5) is 0 Å². The van der Waals surface area contributed by atoms with E-state index in [9.17, 15) is 8.42 Å². The maximum absolute atomic E-state index is 12.5. The Balaban J connectivity index is 2.90. The van der Waals surface area contributed by atoms with Crippen molar-refractivity contribution in [3.05, 3.63) is 29.8 Å². The molecule has 1 aromatic carbocycles. The van der Waals surface area contributed by atoms with Crippen molar-refractivity contribution in [2.24, 2.45) is 5.73 Å². The van der Waals surface area contributed by atoms with E-state index >= 15 is 0 Å². The Kier molecular flexibility index (Phi) is 6.54. The van der Waals surface area contributed by atoms with Crippen LogP contribution in [0.25, 0.3) is 0 Å². The minimum atomic E-state index is -3.60. The minimum absolute atomic E-state index is 0.0675. The molecule has 20 heavy (non-hydrogen) atoms. The first-order valence-electron chi connectivity index (χ1n) is 6.37. The van der Waals surface area contributed by atoms with Crippen molar-refractivity contribution in [1.82, 2.24) is 4.31 Å². The largest absolute Gasteiger partial charge is 0.396 e. The van der Waals surface area contributed by atoms with Crippen LogP contribution in [0.5, 0.6) is 0 Å². The van der Waals surface area contributed by atoms with Crippen LogP contribution in [0.3, 0.4) is 0 Å². The van der Waals surface area contributed by atoms with Crippen LogP contribution in [0.1, 0.15) is 24.8 Å². The molecule has 0 spiro atoms. The molecule has 0 radical (unpaired) electrons. The second-order valence-electron chi connectivity index (χ2n) is 4.47. The summed E-state index contributed by atoms with van der Waals surface area (Å²) < 4.78 is 26.3. The van der Waals surface area contributed by atoms with Gasteiger partial charge in [0.05, 0.1) is 4.90 Å². The predicted molar refractivity (Wildman–Crippen MR) is 83.1 cm³/mol. The summed E-state index contributed by atoms with van der Waals surface area (Å²) in [6, 6.07) is 6.46. The van der Waals surface area contributed by atoms with Gasteiger partial charge in [-0.3, -0.25) is 0 Å². The van der Waals surface area contributed by atoms with Crippen LogP contribution in [-0.4, -0.2) is 43.0 Å². The van der Waals surface area contributed by atoms with Crippen molar-refractivity contribution in [3.63, 3.8) is 0 Å². The Hall–Kier alpha value is -1.02. The molecule has 1 aromatic rings. The number of aliphatic hydroxyl groups is 1. The van der Waals surface area contributed by atoms with Gasteiger partial charge in [-0.2, -0.15) is 0 Å². The van der Waals surface area contributed by atoms with Gasteiger partial charge >= 0.3 is 0 Å². The maximum Gasteiger partial charge on any atom is 0.243 e. The fourth-order valence-corrected chi connectivity index (χ4v) is 3.46. The van der Waals surface area contributed by atoms with Gasteiger partial charge in [0.15, 0.2) is 0 Å². The van der Waals surface area contributed by atoms with E-state index in [2.05, 4.69) is 0 Å². The van der Waals surface area contributed by atoms with E-state index in [4.69, 9.17) is 23.1 Å². The number of hydrogen-bond donors (Lipinski definition) is 2. The molecule has 0 saturated heterocycles. The lowest BCUT2D eigenvalue weighted by Crippen LogP contribution is -2.30. The monoisotopic (exact) mass is 316 g/mol. The highest BCUT2D eigenvalue weighted by molar-refractivity contribution is 7.89. The van der Waals surface area contributed by atoms with Gasteiger partial charge < -0.3 is 10.8 Å². The van der Waals surface area contributed by atoms with Crippen molar-refractivity contribution in [2.75, 3.05) is 20.2 Å². The van der Waals surface area contributed by atoms with Crippen molar-refractivity contribution >= 4 is 27.2 Å². The molecule has 0 aromatic heterocycles. The zero-order chi connectivity index (χ0) is 15.2. The highest BCUT2D eigenvalue weighted by atomic mass is 32.2. The first-order valence-corrected chi connectivity index (χ1v) is 8.22. The van der Waals surface area contributed by atoms with Crippen molar-refractivity contribution in [2.45, 2.75) is 24.2 Å². The van der Waals surface area contributed by atoms with Gasteiger partial charge in [-0.05, 0) is 25.3 Å². The van der Waals surface area contributed by atoms with Crippen molar-refractivity contribution in [1.29, 1.82) is 0 Å². The molecular formula is C13H20N2O3S2. The third-order valence-electron chi connectivity index (χ3n) is 2.97. The van der Waals surface area contributed by atoms with E-state index in [1.807, 2.05) is 0 Å². The van der Waals surface area contributed by atoms with Crippen molar-refractivity contribution < 1.29 is 13.5 Å². The van der Waals surface area contributed by atoms with Crippen LogP contribution >= 0.6 is 12.2 Å². The number of rotatable bonds is 8. The van der Waals surface area contributed by atoms with Gasteiger partial charge in [0, 0.05) is 25.8 Å². The smallest absolute Gasteiger partial charge is 0.243 e. The van der Waals surface area contributed by atoms with E-state index in [-0.39, 0.29) is 16.5 Å². The van der Waals surface area contributed by atoms with E-state index in [0.29, 0.717) is 24.9 Å². The first kappa shape index (κ1) is 17.0. The van der Waals surface area contributed by atoms with Crippen LogP contribution in [0, 0.1) is 0 Å². The summed E-state index contributed by atoms with van der Waals surface area (Å²) in [6.45, 7) is 0.523. The zero-order valence-corrected chi connectivity index (χ0v) is 13.1. The number of nitrogens with zero attached hydrogens (tertiary/aromatic N) is 1. The number of sulfonamides is 1. The Bertz CT molecular complexity index is 558. The molecule has 1 rings (SSSR count). The molecule has 0 bridgehead atoms. The highest BCUT2D eigenvalue weighted by Crippen LogP contribution is 2.19. The Morgan fingerprint density at radius 2 is 1.95 bits per heavy atom.